The van der Waals surface area contributed by atoms with Crippen molar-refractivity contribution < 1.29 is 0 Å². The summed E-state index contributed by atoms with van der Waals surface area (Å²) >= 11 is 0. The van der Waals surface area contributed by atoms with Crippen molar-refractivity contribution in [1.29, 1.82) is 0 Å². The van der Waals surface area contributed by atoms with Gasteiger partial charge in [-0.25, -0.2) is 4.98 Å². The van der Waals surface area contributed by atoms with E-state index in [1.807, 2.05) is 12.4 Å². The van der Waals surface area contributed by atoms with Crippen molar-refractivity contribution in [1.82, 2.24) is 9.55 Å². The quantitative estimate of drug-likeness (QED) is 0.790. The van der Waals surface area contributed by atoms with E-state index in [4.69, 9.17) is 5.73 Å². The maximum atomic E-state index is 5.98. The van der Waals surface area contributed by atoms with E-state index >= 15 is 0 Å². The average molecular weight is 208 g/mol. The second-order valence-electron chi connectivity index (χ2n) is 4.90. The SMILES string of the molecule is CCn1ccnc1NC1CC(N)C1(C)C. The van der Waals surface area contributed by atoms with Crippen LogP contribution >= 0.6 is 0 Å². The first kappa shape index (κ1) is 10.5. The van der Waals surface area contributed by atoms with Crippen molar-refractivity contribution in [2.45, 2.75) is 45.8 Å². The number of nitrogens with two attached hydrogens (primary N) is 1. The van der Waals surface area contributed by atoms with Gasteiger partial charge in [0.25, 0.3) is 0 Å². The van der Waals surface area contributed by atoms with E-state index in [0.717, 1.165) is 18.9 Å². The fourth-order valence-electron chi connectivity index (χ4n) is 2.06. The van der Waals surface area contributed by atoms with Gasteiger partial charge >= 0.3 is 0 Å². The summed E-state index contributed by atoms with van der Waals surface area (Å²) in [5.41, 5.74) is 6.15. The van der Waals surface area contributed by atoms with E-state index in [1.165, 1.54) is 0 Å². The van der Waals surface area contributed by atoms with Gasteiger partial charge in [-0.15, -0.1) is 0 Å². The summed E-state index contributed by atoms with van der Waals surface area (Å²) in [6, 6.07) is 0.750. The van der Waals surface area contributed by atoms with E-state index in [9.17, 15) is 0 Å². The Morgan fingerprint density at radius 2 is 2.40 bits per heavy atom. The maximum Gasteiger partial charge on any atom is 0.202 e. The van der Waals surface area contributed by atoms with Gasteiger partial charge in [0.15, 0.2) is 0 Å². The van der Waals surface area contributed by atoms with Crippen LogP contribution in [-0.4, -0.2) is 21.6 Å². The Kier molecular flexibility index (Phi) is 2.46. The lowest BCUT2D eigenvalue weighted by Gasteiger charge is -2.50. The summed E-state index contributed by atoms with van der Waals surface area (Å²) in [6.45, 7) is 7.47. The first-order valence-electron chi connectivity index (χ1n) is 5.59. The average Bonchev–Trinajstić information content (AvgIpc) is 2.65. The standard InChI is InChI=1S/C11H20N4/c1-4-15-6-5-13-10(15)14-9-7-8(12)11(9,2)3/h5-6,8-9H,4,7,12H2,1-3H3,(H,13,14). The van der Waals surface area contributed by atoms with Crippen LogP contribution in [0.15, 0.2) is 12.4 Å². The largest absolute Gasteiger partial charge is 0.352 e. The Morgan fingerprint density at radius 1 is 1.67 bits per heavy atom. The fraction of sp³-hybridized carbons (Fsp3) is 0.727. The van der Waals surface area contributed by atoms with Gasteiger partial charge in [0.2, 0.25) is 5.95 Å². The summed E-state index contributed by atoms with van der Waals surface area (Å²) < 4.78 is 2.11. The van der Waals surface area contributed by atoms with E-state index in [2.05, 4.69) is 35.6 Å². The molecule has 0 radical (unpaired) electrons. The molecule has 1 saturated carbocycles. The van der Waals surface area contributed by atoms with Crippen LogP contribution < -0.4 is 11.1 Å². The van der Waals surface area contributed by atoms with Crippen LogP contribution in [-0.2, 0) is 6.54 Å². The van der Waals surface area contributed by atoms with Crippen molar-refractivity contribution >= 4 is 5.95 Å². The number of hydrogen-bond acceptors (Lipinski definition) is 3. The molecule has 1 fully saturated rings. The molecule has 3 N–H and O–H groups in total. The minimum absolute atomic E-state index is 0.171. The summed E-state index contributed by atoms with van der Waals surface area (Å²) in [5.74, 6) is 0.961. The van der Waals surface area contributed by atoms with Gasteiger partial charge in [0, 0.05) is 36.4 Å². The molecule has 0 aliphatic heterocycles. The fourth-order valence-corrected chi connectivity index (χ4v) is 2.06. The Morgan fingerprint density at radius 3 is 2.93 bits per heavy atom. The monoisotopic (exact) mass is 208 g/mol. The molecule has 1 aliphatic carbocycles. The van der Waals surface area contributed by atoms with Gasteiger partial charge in [-0.05, 0) is 13.3 Å². The highest BCUT2D eigenvalue weighted by molar-refractivity contribution is 5.31. The van der Waals surface area contributed by atoms with Gasteiger partial charge in [0.1, 0.15) is 0 Å². The number of nitrogens with one attached hydrogen (secondary N) is 1. The lowest BCUT2D eigenvalue weighted by Crippen LogP contribution is -2.61. The first-order chi connectivity index (χ1) is 7.05. The van der Waals surface area contributed by atoms with E-state index in [1.54, 1.807) is 0 Å². The Bertz CT molecular complexity index is 342. The molecular weight excluding hydrogens is 188 g/mol. The van der Waals surface area contributed by atoms with Gasteiger partial charge in [-0.1, -0.05) is 13.8 Å². The molecule has 1 aliphatic rings. The van der Waals surface area contributed by atoms with Gasteiger partial charge < -0.3 is 15.6 Å². The number of anilines is 1. The molecule has 0 bridgehead atoms. The Hall–Kier alpha value is -1.03. The predicted molar refractivity (Wildman–Crippen MR) is 61.7 cm³/mol. The molecule has 2 rings (SSSR count). The molecule has 2 atom stereocenters. The minimum atomic E-state index is 0.171. The molecule has 0 spiro atoms. The van der Waals surface area contributed by atoms with E-state index < -0.39 is 0 Å². The number of aromatic nitrogens is 2. The van der Waals surface area contributed by atoms with Crippen LogP contribution in [0.1, 0.15) is 27.2 Å². The molecule has 4 heteroatoms. The Labute approximate surface area is 90.9 Å². The summed E-state index contributed by atoms with van der Waals surface area (Å²) in [6.07, 6.45) is 4.86. The second kappa shape index (κ2) is 3.52. The number of imidazole rings is 1. The number of rotatable bonds is 3. The molecule has 1 aromatic heterocycles. The maximum absolute atomic E-state index is 5.98. The minimum Gasteiger partial charge on any atom is -0.352 e. The zero-order valence-corrected chi connectivity index (χ0v) is 9.70. The van der Waals surface area contributed by atoms with Crippen LogP contribution in [0.5, 0.6) is 0 Å². The van der Waals surface area contributed by atoms with Crippen LogP contribution in [0.4, 0.5) is 5.95 Å². The molecule has 1 aromatic rings. The van der Waals surface area contributed by atoms with Crippen LogP contribution in [0.25, 0.3) is 0 Å². The molecule has 0 aromatic carbocycles. The number of nitrogens with zero attached hydrogens (tertiary/aromatic N) is 2. The van der Waals surface area contributed by atoms with Crippen LogP contribution in [0.2, 0.25) is 0 Å². The van der Waals surface area contributed by atoms with E-state index in [0.29, 0.717) is 12.1 Å². The lowest BCUT2D eigenvalue weighted by molar-refractivity contribution is 0.116. The second-order valence-corrected chi connectivity index (χ2v) is 4.90. The van der Waals surface area contributed by atoms with Gasteiger partial charge in [0.05, 0.1) is 0 Å². The molecule has 84 valence electrons. The molecular formula is C11H20N4. The van der Waals surface area contributed by atoms with Crippen molar-refractivity contribution in [3.8, 4) is 0 Å². The number of hydrogen-bond donors (Lipinski definition) is 2. The zero-order chi connectivity index (χ0) is 11.1. The molecule has 0 saturated heterocycles. The summed E-state index contributed by atoms with van der Waals surface area (Å²) in [4.78, 5) is 4.31. The molecule has 2 unspecified atom stereocenters. The molecule has 0 amide bonds. The molecule has 1 heterocycles. The molecule has 4 nitrogen and oxygen atoms in total. The van der Waals surface area contributed by atoms with Crippen molar-refractivity contribution in [2.75, 3.05) is 5.32 Å². The predicted octanol–water partition coefficient (Wildman–Crippen LogP) is 1.44. The topological polar surface area (TPSA) is 55.9 Å². The van der Waals surface area contributed by atoms with Crippen LogP contribution in [0.3, 0.4) is 0 Å². The smallest absolute Gasteiger partial charge is 0.202 e. The van der Waals surface area contributed by atoms with Crippen molar-refractivity contribution in [3.05, 3.63) is 12.4 Å². The normalized spacial score (nSPS) is 28.5. The Balaban J connectivity index is 2.05. The summed E-state index contributed by atoms with van der Waals surface area (Å²) in [5, 5.41) is 3.47. The zero-order valence-electron chi connectivity index (χ0n) is 9.70. The van der Waals surface area contributed by atoms with Crippen molar-refractivity contribution in [3.63, 3.8) is 0 Å². The lowest BCUT2D eigenvalue weighted by atomic mass is 9.63. The van der Waals surface area contributed by atoms with E-state index in [-0.39, 0.29) is 5.41 Å². The highest BCUT2D eigenvalue weighted by atomic mass is 15.2. The third-order valence-corrected chi connectivity index (χ3v) is 3.70. The first-order valence-corrected chi connectivity index (χ1v) is 5.59. The third kappa shape index (κ3) is 1.63. The van der Waals surface area contributed by atoms with Crippen LogP contribution in [0, 0.1) is 5.41 Å². The summed E-state index contributed by atoms with van der Waals surface area (Å²) in [7, 11) is 0. The number of aryl methyl sites for hydroxylation is 1. The van der Waals surface area contributed by atoms with Gasteiger partial charge in [-0.2, -0.15) is 0 Å². The highest BCUT2D eigenvalue weighted by Crippen LogP contribution is 2.40. The highest BCUT2D eigenvalue weighted by Gasteiger charge is 2.46. The third-order valence-electron chi connectivity index (χ3n) is 3.70. The molecule has 15 heavy (non-hydrogen) atoms. The van der Waals surface area contributed by atoms with Gasteiger partial charge in [-0.3, -0.25) is 0 Å². The van der Waals surface area contributed by atoms with Crippen molar-refractivity contribution in [2.24, 2.45) is 11.1 Å².